The standard InChI is InChI=1S/C14H24N4/c1-6-7-10(4)13-16-12-8-15-18(14(12)17-13)11(5)9(2)3/h8-11H,6-7H2,1-5H3,(H,16,17)/t10-,11-/m1/s1. The molecule has 0 aliphatic carbocycles. The molecular formula is C14H24N4. The average Bonchev–Trinajstić information content (AvgIpc) is 2.87. The van der Waals surface area contributed by atoms with Gasteiger partial charge in [0.25, 0.3) is 0 Å². The number of H-pyrrole nitrogens is 1. The van der Waals surface area contributed by atoms with Crippen molar-refractivity contribution in [3.8, 4) is 0 Å². The van der Waals surface area contributed by atoms with E-state index in [0.717, 1.165) is 17.0 Å². The van der Waals surface area contributed by atoms with Gasteiger partial charge in [-0.25, -0.2) is 9.67 Å². The first-order valence-corrected chi connectivity index (χ1v) is 6.97. The first kappa shape index (κ1) is 13.1. The highest BCUT2D eigenvalue weighted by Crippen LogP contribution is 2.24. The van der Waals surface area contributed by atoms with E-state index in [4.69, 9.17) is 4.98 Å². The Hall–Kier alpha value is -1.32. The molecule has 4 nitrogen and oxygen atoms in total. The predicted octanol–water partition coefficient (Wildman–Crippen LogP) is 3.88. The van der Waals surface area contributed by atoms with E-state index in [1.807, 2.05) is 10.9 Å². The number of hydrogen-bond acceptors (Lipinski definition) is 2. The molecule has 2 aromatic heterocycles. The van der Waals surface area contributed by atoms with Gasteiger partial charge in [-0.05, 0) is 19.3 Å². The van der Waals surface area contributed by atoms with Crippen molar-refractivity contribution in [2.75, 3.05) is 0 Å². The van der Waals surface area contributed by atoms with Crippen LogP contribution in [0.4, 0.5) is 0 Å². The Labute approximate surface area is 109 Å². The summed E-state index contributed by atoms with van der Waals surface area (Å²) in [5.41, 5.74) is 2.05. The van der Waals surface area contributed by atoms with Crippen molar-refractivity contribution < 1.29 is 0 Å². The lowest BCUT2D eigenvalue weighted by Gasteiger charge is -2.15. The molecule has 0 spiro atoms. The molecule has 0 bridgehead atoms. The molecule has 0 aliphatic heterocycles. The van der Waals surface area contributed by atoms with E-state index in [1.165, 1.54) is 12.8 Å². The van der Waals surface area contributed by atoms with Gasteiger partial charge in [-0.15, -0.1) is 0 Å². The van der Waals surface area contributed by atoms with Crippen molar-refractivity contribution in [1.82, 2.24) is 19.7 Å². The molecule has 0 saturated heterocycles. The number of hydrogen-bond donors (Lipinski definition) is 1. The van der Waals surface area contributed by atoms with E-state index >= 15 is 0 Å². The highest BCUT2D eigenvalue weighted by atomic mass is 15.3. The maximum absolute atomic E-state index is 4.74. The van der Waals surface area contributed by atoms with Gasteiger partial charge in [-0.3, -0.25) is 0 Å². The van der Waals surface area contributed by atoms with Gasteiger partial charge in [0.15, 0.2) is 5.65 Å². The van der Waals surface area contributed by atoms with Crippen LogP contribution < -0.4 is 0 Å². The molecule has 0 saturated carbocycles. The Kier molecular flexibility index (Phi) is 3.73. The average molecular weight is 248 g/mol. The first-order valence-electron chi connectivity index (χ1n) is 6.97. The zero-order valence-corrected chi connectivity index (χ0v) is 12.1. The van der Waals surface area contributed by atoms with Gasteiger partial charge in [-0.1, -0.05) is 34.1 Å². The van der Waals surface area contributed by atoms with Crippen LogP contribution in [0.3, 0.4) is 0 Å². The molecule has 1 N–H and O–H groups in total. The van der Waals surface area contributed by atoms with Gasteiger partial charge in [0.1, 0.15) is 11.3 Å². The molecule has 0 aromatic carbocycles. The Morgan fingerprint density at radius 3 is 2.61 bits per heavy atom. The van der Waals surface area contributed by atoms with Crippen LogP contribution in [0.2, 0.25) is 0 Å². The molecule has 0 radical (unpaired) electrons. The smallest absolute Gasteiger partial charge is 0.176 e. The summed E-state index contributed by atoms with van der Waals surface area (Å²) in [6.07, 6.45) is 4.25. The third-order valence-corrected chi connectivity index (χ3v) is 3.80. The van der Waals surface area contributed by atoms with Gasteiger partial charge in [0.2, 0.25) is 0 Å². The molecule has 4 heteroatoms. The van der Waals surface area contributed by atoms with Crippen LogP contribution in [0, 0.1) is 5.92 Å². The maximum atomic E-state index is 4.74. The minimum absolute atomic E-state index is 0.375. The summed E-state index contributed by atoms with van der Waals surface area (Å²) in [6.45, 7) is 11.1. The maximum Gasteiger partial charge on any atom is 0.176 e. The molecule has 2 rings (SSSR count). The number of nitrogens with zero attached hydrogens (tertiary/aromatic N) is 3. The van der Waals surface area contributed by atoms with Crippen LogP contribution in [0.5, 0.6) is 0 Å². The van der Waals surface area contributed by atoms with Crippen molar-refractivity contribution in [3.63, 3.8) is 0 Å². The second-order valence-electron chi connectivity index (χ2n) is 5.62. The highest BCUT2D eigenvalue weighted by molar-refractivity contribution is 5.70. The SMILES string of the molecule is CCC[C@@H](C)c1nc2c(cnn2[C@H](C)C(C)C)[nH]1. The van der Waals surface area contributed by atoms with Crippen LogP contribution in [0.15, 0.2) is 6.20 Å². The Bertz CT molecular complexity index is 509. The molecule has 0 fully saturated rings. The minimum Gasteiger partial charge on any atom is -0.339 e. The second-order valence-corrected chi connectivity index (χ2v) is 5.62. The molecular weight excluding hydrogens is 224 g/mol. The largest absolute Gasteiger partial charge is 0.339 e. The van der Waals surface area contributed by atoms with E-state index in [1.54, 1.807) is 0 Å². The number of rotatable bonds is 5. The summed E-state index contributed by atoms with van der Waals surface area (Å²) in [5.74, 6) is 2.14. The summed E-state index contributed by atoms with van der Waals surface area (Å²) in [6, 6.07) is 0.375. The summed E-state index contributed by atoms with van der Waals surface area (Å²) in [7, 11) is 0. The number of aromatic nitrogens is 4. The summed E-state index contributed by atoms with van der Waals surface area (Å²) >= 11 is 0. The zero-order chi connectivity index (χ0) is 13.3. The number of aromatic amines is 1. The Balaban J connectivity index is 2.35. The van der Waals surface area contributed by atoms with E-state index in [9.17, 15) is 0 Å². The monoisotopic (exact) mass is 248 g/mol. The minimum atomic E-state index is 0.375. The Morgan fingerprint density at radius 2 is 2.00 bits per heavy atom. The number of nitrogens with one attached hydrogen (secondary N) is 1. The number of imidazole rings is 1. The molecule has 0 unspecified atom stereocenters. The zero-order valence-electron chi connectivity index (χ0n) is 12.1. The summed E-state index contributed by atoms with van der Waals surface area (Å²) in [5, 5.41) is 4.45. The fourth-order valence-electron chi connectivity index (χ4n) is 2.22. The Morgan fingerprint density at radius 1 is 1.28 bits per heavy atom. The summed E-state index contributed by atoms with van der Waals surface area (Å²) in [4.78, 5) is 8.14. The van der Waals surface area contributed by atoms with Crippen LogP contribution in [-0.2, 0) is 0 Å². The quantitative estimate of drug-likeness (QED) is 0.872. The second kappa shape index (κ2) is 5.12. The lowest BCUT2D eigenvalue weighted by Crippen LogP contribution is -2.13. The van der Waals surface area contributed by atoms with Crippen LogP contribution in [0.1, 0.15) is 65.2 Å². The molecule has 2 aromatic rings. The van der Waals surface area contributed by atoms with Crippen LogP contribution >= 0.6 is 0 Å². The van der Waals surface area contributed by atoms with Gasteiger partial charge in [-0.2, -0.15) is 5.10 Å². The van der Waals surface area contributed by atoms with Gasteiger partial charge in [0, 0.05) is 5.92 Å². The topological polar surface area (TPSA) is 46.5 Å². The third-order valence-electron chi connectivity index (χ3n) is 3.80. The lowest BCUT2D eigenvalue weighted by atomic mass is 10.1. The van der Waals surface area contributed by atoms with Gasteiger partial charge in [0.05, 0.1) is 12.2 Å². The van der Waals surface area contributed by atoms with Crippen molar-refractivity contribution in [2.24, 2.45) is 5.92 Å². The van der Waals surface area contributed by atoms with Crippen molar-refractivity contribution in [2.45, 2.75) is 59.4 Å². The van der Waals surface area contributed by atoms with E-state index in [2.05, 4.69) is 44.7 Å². The van der Waals surface area contributed by atoms with Crippen molar-refractivity contribution in [3.05, 3.63) is 12.0 Å². The van der Waals surface area contributed by atoms with E-state index in [-0.39, 0.29) is 0 Å². The molecule has 100 valence electrons. The molecule has 0 aliphatic rings. The summed E-state index contributed by atoms with van der Waals surface area (Å²) < 4.78 is 2.04. The molecule has 18 heavy (non-hydrogen) atoms. The normalized spacial score (nSPS) is 15.4. The highest BCUT2D eigenvalue weighted by Gasteiger charge is 2.18. The lowest BCUT2D eigenvalue weighted by molar-refractivity contribution is 0.383. The predicted molar refractivity (Wildman–Crippen MR) is 74.8 cm³/mol. The third kappa shape index (κ3) is 2.28. The fourth-order valence-corrected chi connectivity index (χ4v) is 2.22. The van der Waals surface area contributed by atoms with Crippen molar-refractivity contribution >= 4 is 11.2 Å². The molecule has 2 atom stereocenters. The van der Waals surface area contributed by atoms with Gasteiger partial charge < -0.3 is 4.98 Å². The van der Waals surface area contributed by atoms with Crippen molar-refractivity contribution in [1.29, 1.82) is 0 Å². The number of fused-ring (bicyclic) bond motifs is 1. The van der Waals surface area contributed by atoms with Crippen LogP contribution in [-0.4, -0.2) is 19.7 Å². The first-order chi connectivity index (χ1) is 8.54. The van der Waals surface area contributed by atoms with E-state index < -0.39 is 0 Å². The van der Waals surface area contributed by atoms with E-state index in [0.29, 0.717) is 17.9 Å². The molecule has 2 heterocycles. The molecule has 0 amide bonds. The van der Waals surface area contributed by atoms with Gasteiger partial charge >= 0.3 is 0 Å². The van der Waals surface area contributed by atoms with Crippen LogP contribution in [0.25, 0.3) is 11.2 Å². The fraction of sp³-hybridized carbons (Fsp3) is 0.714.